The van der Waals surface area contributed by atoms with Crippen LogP contribution < -0.4 is 0 Å². The first-order valence-corrected chi connectivity index (χ1v) is 17.2. The van der Waals surface area contributed by atoms with E-state index in [1.807, 2.05) is 0 Å². The third-order valence-corrected chi connectivity index (χ3v) is 15.0. The molecule has 5 aliphatic carbocycles. The molecule has 44 heavy (non-hydrogen) atoms. The van der Waals surface area contributed by atoms with Crippen molar-refractivity contribution in [3.63, 3.8) is 0 Å². The average Bonchev–Trinajstić information content (AvgIpc) is 3.36. The van der Waals surface area contributed by atoms with Crippen LogP contribution in [0.4, 0.5) is 0 Å². The van der Waals surface area contributed by atoms with Gasteiger partial charge in [-0.2, -0.15) is 0 Å². The van der Waals surface area contributed by atoms with Crippen LogP contribution in [0.25, 0.3) is 6.08 Å². The van der Waals surface area contributed by atoms with Crippen molar-refractivity contribution >= 4 is 18.0 Å². The Labute approximate surface area is 264 Å². The number of fused-ring (bicyclic) bond motifs is 7. The van der Waals surface area contributed by atoms with E-state index in [2.05, 4.69) is 48.1 Å². The van der Waals surface area contributed by atoms with Gasteiger partial charge in [-0.3, -0.25) is 4.79 Å². The molecule has 5 heteroatoms. The maximum absolute atomic E-state index is 13.0. The smallest absolute Gasteiger partial charge is 0.331 e. The Morgan fingerprint density at radius 3 is 2.23 bits per heavy atom. The van der Waals surface area contributed by atoms with Crippen molar-refractivity contribution in [2.24, 2.45) is 56.7 Å². The summed E-state index contributed by atoms with van der Waals surface area (Å²) >= 11 is 0. The maximum atomic E-state index is 13.0. The number of phenols is 1. The zero-order chi connectivity index (χ0) is 31.9. The van der Waals surface area contributed by atoms with Crippen LogP contribution in [0.3, 0.4) is 0 Å². The summed E-state index contributed by atoms with van der Waals surface area (Å²) in [6, 6.07) is 6.79. The molecular weight excluding hydrogens is 548 g/mol. The first-order chi connectivity index (χ1) is 20.6. The fraction of sp³-hybridized carbons (Fsp3) is 0.692. The summed E-state index contributed by atoms with van der Waals surface area (Å²) in [5.41, 5.74) is 1.71. The van der Waals surface area contributed by atoms with Gasteiger partial charge >= 0.3 is 11.9 Å². The highest BCUT2D eigenvalue weighted by Crippen LogP contribution is 2.77. The van der Waals surface area contributed by atoms with Gasteiger partial charge in [-0.05, 0) is 141 Å². The first kappa shape index (κ1) is 31.4. The van der Waals surface area contributed by atoms with E-state index in [0.717, 1.165) is 69.8 Å². The fourth-order valence-electron chi connectivity index (χ4n) is 12.6. The number of hydrogen-bond donors (Lipinski definition) is 2. The maximum Gasteiger partial charge on any atom is 0.331 e. The zero-order valence-electron chi connectivity index (χ0n) is 27.8. The van der Waals surface area contributed by atoms with Gasteiger partial charge in [0.1, 0.15) is 11.9 Å². The Morgan fingerprint density at radius 2 is 1.57 bits per heavy atom. The molecule has 5 unspecified atom stereocenters. The number of carboxylic acids is 1. The summed E-state index contributed by atoms with van der Waals surface area (Å²) in [5, 5.41) is 20.2. The van der Waals surface area contributed by atoms with Crippen molar-refractivity contribution in [1.82, 2.24) is 0 Å². The largest absolute Gasteiger partial charge is 0.508 e. The van der Waals surface area contributed by atoms with E-state index in [-0.39, 0.29) is 45.4 Å². The predicted molar refractivity (Wildman–Crippen MR) is 174 cm³/mol. The van der Waals surface area contributed by atoms with E-state index in [1.165, 1.54) is 11.6 Å². The summed E-state index contributed by atoms with van der Waals surface area (Å²) in [6.45, 7) is 18.8. The highest BCUT2D eigenvalue weighted by atomic mass is 16.5. The topological polar surface area (TPSA) is 83.8 Å². The second kappa shape index (κ2) is 10.5. The third-order valence-electron chi connectivity index (χ3n) is 15.0. The van der Waals surface area contributed by atoms with E-state index < -0.39 is 11.4 Å². The van der Waals surface area contributed by atoms with E-state index in [1.54, 1.807) is 30.3 Å². The van der Waals surface area contributed by atoms with Gasteiger partial charge in [0.15, 0.2) is 0 Å². The molecule has 0 aliphatic heterocycles. The predicted octanol–water partition coefficient (Wildman–Crippen LogP) is 9.06. The summed E-state index contributed by atoms with van der Waals surface area (Å²) in [5.74, 6) is 1.29. The van der Waals surface area contributed by atoms with Crippen LogP contribution in [0.15, 0.2) is 42.5 Å². The second-order valence-corrected chi connectivity index (χ2v) is 16.9. The summed E-state index contributed by atoms with van der Waals surface area (Å²) in [6.07, 6.45) is 13.2. The van der Waals surface area contributed by atoms with Crippen molar-refractivity contribution in [1.29, 1.82) is 0 Å². The lowest BCUT2D eigenvalue weighted by molar-refractivity contribution is -0.250. The van der Waals surface area contributed by atoms with E-state index in [0.29, 0.717) is 23.7 Å². The normalized spacial score (nSPS) is 44.1. The van der Waals surface area contributed by atoms with Gasteiger partial charge in [0.25, 0.3) is 0 Å². The molecule has 0 amide bonds. The first-order valence-electron chi connectivity index (χ1n) is 17.2. The molecule has 0 heterocycles. The van der Waals surface area contributed by atoms with Crippen LogP contribution in [0.5, 0.6) is 5.75 Å². The lowest BCUT2D eigenvalue weighted by atomic mass is 9.32. The zero-order valence-corrected chi connectivity index (χ0v) is 27.8. The molecule has 1 aromatic carbocycles. The van der Waals surface area contributed by atoms with Gasteiger partial charge in [0.2, 0.25) is 0 Å². The molecule has 240 valence electrons. The number of esters is 1. The van der Waals surface area contributed by atoms with Gasteiger partial charge in [0, 0.05) is 11.5 Å². The summed E-state index contributed by atoms with van der Waals surface area (Å²) < 4.78 is 6.19. The highest BCUT2D eigenvalue weighted by Gasteiger charge is 2.72. The Kier molecular flexibility index (Phi) is 7.49. The number of phenolic OH excluding ortho intramolecular Hbond substituents is 1. The summed E-state index contributed by atoms with van der Waals surface area (Å²) in [7, 11) is 0. The standard InChI is InChI=1S/C39H54O5/c1-24(2)27-16-21-39(34(42)43)23-22-37(6)28(33(27)39)13-14-30-36(5)19-18-31(35(3,4)29(36)17-20-38(30,37)7)44-32(41)15-10-25-8-11-26(40)12-9-25/h8-12,15,27-31,33,40H,1,13-14,16-23H2,2-7H3,(H,42,43)/b15-10+/t27?,28?,29?,30?,31-,33?,36-,37+,38+,39-/m0/s1. The average molecular weight is 603 g/mol. The number of benzene rings is 1. The molecule has 0 saturated heterocycles. The number of aromatic hydroxyl groups is 1. The number of ether oxygens (including phenoxy) is 1. The molecule has 5 saturated carbocycles. The van der Waals surface area contributed by atoms with Crippen molar-refractivity contribution in [3.8, 4) is 5.75 Å². The lowest BCUT2D eigenvalue weighted by Crippen LogP contribution is -2.67. The molecule has 0 aromatic heterocycles. The van der Waals surface area contributed by atoms with Crippen molar-refractivity contribution in [2.45, 2.75) is 112 Å². The molecule has 6 rings (SSSR count). The Bertz CT molecular complexity index is 1360. The number of carbonyl (C=O) groups is 2. The highest BCUT2D eigenvalue weighted by molar-refractivity contribution is 5.87. The van der Waals surface area contributed by atoms with E-state index >= 15 is 0 Å². The quantitative estimate of drug-likeness (QED) is 0.200. The van der Waals surface area contributed by atoms with Crippen LogP contribution in [-0.4, -0.2) is 28.3 Å². The Morgan fingerprint density at radius 1 is 0.864 bits per heavy atom. The van der Waals surface area contributed by atoms with Crippen LogP contribution in [0.1, 0.15) is 111 Å². The number of rotatable bonds is 5. The van der Waals surface area contributed by atoms with Crippen LogP contribution in [-0.2, 0) is 14.3 Å². The fourth-order valence-corrected chi connectivity index (χ4v) is 12.6. The van der Waals surface area contributed by atoms with Gasteiger partial charge < -0.3 is 14.9 Å². The molecule has 0 bridgehead atoms. The third kappa shape index (κ3) is 4.37. The summed E-state index contributed by atoms with van der Waals surface area (Å²) in [4.78, 5) is 25.9. The van der Waals surface area contributed by atoms with Crippen molar-refractivity contribution in [3.05, 3.63) is 48.1 Å². The van der Waals surface area contributed by atoms with Crippen molar-refractivity contribution in [2.75, 3.05) is 0 Å². The Hall–Kier alpha value is -2.56. The van der Waals surface area contributed by atoms with E-state index in [4.69, 9.17) is 4.74 Å². The number of hydrogen-bond acceptors (Lipinski definition) is 4. The molecule has 5 nitrogen and oxygen atoms in total. The minimum atomic E-state index is -0.585. The molecule has 5 fully saturated rings. The molecular formula is C39H54O5. The molecule has 5 aliphatic rings. The molecule has 10 atom stereocenters. The monoisotopic (exact) mass is 602 g/mol. The number of carboxylic acid groups (broad SMARTS) is 1. The minimum absolute atomic E-state index is 0.109. The van der Waals surface area contributed by atoms with Crippen LogP contribution in [0.2, 0.25) is 0 Å². The minimum Gasteiger partial charge on any atom is -0.508 e. The van der Waals surface area contributed by atoms with Gasteiger partial charge in [0.05, 0.1) is 5.41 Å². The van der Waals surface area contributed by atoms with Gasteiger partial charge in [-0.1, -0.05) is 58.9 Å². The molecule has 0 radical (unpaired) electrons. The van der Waals surface area contributed by atoms with Crippen LogP contribution >= 0.6 is 0 Å². The Balaban J connectivity index is 1.24. The van der Waals surface area contributed by atoms with E-state index in [9.17, 15) is 19.8 Å². The number of allylic oxidation sites excluding steroid dienone is 1. The second-order valence-electron chi connectivity index (χ2n) is 16.9. The molecule has 1 aromatic rings. The number of aliphatic carboxylic acids is 1. The number of carbonyl (C=O) groups excluding carboxylic acids is 1. The van der Waals surface area contributed by atoms with Crippen molar-refractivity contribution < 1.29 is 24.5 Å². The van der Waals surface area contributed by atoms with Gasteiger partial charge in [-0.25, -0.2) is 4.79 Å². The SMILES string of the molecule is C=C(C)C1CC[C@]2(C(=O)O)CC[C@]3(C)C(CCC4[C@@]5(C)CC[C@H](OC(=O)/C=C/c6ccc(O)cc6)C(C)(C)C5CC[C@]43C)C12. The van der Waals surface area contributed by atoms with Crippen LogP contribution in [0, 0.1) is 56.7 Å². The lowest BCUT2D eigenvalue weighted by Gasteiger charge is -2.72. The van der Waals surface area contributed by atoms with Gasteiger partial charge in [-0.15, -0.1) is 0 Å². The molecule has 0 spiro atoms. The molecule has 2 N–H and O–H groups in total.